The zero-order chi connectivity index (χ0) is 25.4. The summed E-state index contributed by atoms with van der Waals surface area (Å²) in [5.41, 5.74) is 9.04. The van der Waals surface area contributed by atoms with Gasteiger partial charge < -0.3 is 26.0 Å². The molecule has 0 spiro atoms. The average molecular weight is 513 g/mol. The van der Waals surface area contributed by atoms with Crippen molar-refractivity contribution in [1.82, 2.24) is 20.6 Å². The zero-order valence-corrected chi connectivity index (χ0v) is 21.8. The number of nitrogen functional groups attached to an aromatic ring is 1. The number of carbonyl (C=O) groups excluding carboxylic acids is 1. The smallest absolute Gasteiger partial charge is 0.263 e. The Kier molecular flexibility index (Phi) is 7.09. The minimum Gasteiger partial charge on any atom is -0.397 e. The lowest BCUT2D eigenvalue weighted by Gasteiger charge is -2.26. The molecule has 2 aliphatic rings. The van der Waals surface area contributed by atoms with E-state index in [1.807, 2.05) is 0 Å². The summed E-state index contributed by atoms with van der Waals surface area (Å²) in [5, 5.41) is 7.19. The third kappa shape index (κ3) is 4.77. The van der Waals surface area contributed by atoms with Crippen LogP contribution in [0.25, 0.3) is 10.2 Å². The Bertz CT molecular complexity index is 1270. The van der Waals surface area contributed by atoms with Crippen LogP contribution < -0.4 is 21.3 Å². The number of carbonyl (C=O) groups is 1. The molecule has 3 aromatic heterocycles. The Hall–Kier alpha value is -2.82. The summed E-state index contributed by atoms with van der Waals surface area (Å²) in [6, 6.07) is 5.98. The van der Waals surface area contributed by atoms with Crippen LogP contribution in [0.2, 0.25) is 0 Å². The minimum absolute atomic E-state index is 0.00954. The molecule has 1 fully saturated rings. The van der Waals surface area contributed by atoms with Gasteiger partial charge in [0.1, 0.15) is 21.3 Å². The molecule has 8 nitrogen and oxygen atoms in total. The minimum atomic E-state index is -0.421. The Morgan fingerprint density at radius 1 is 1.33 bits per heavy atom. The average Bonchev–Trinajstić information content (AvgIpc) is 3.40. The number of pyridine rings is 2. The third-order valence-electron chi connectivity index (χ3n) is 7.25. The maximum absolute atomic E-state index is 14.0. The molecule has 1 amide bonds. The van der Waals surface area contributed by atoms with Crippen LogP contribution in [0.5, 0.6) is 0 Å². The molecule has 36 heavy (non-hydrogen) atoms. The number of fused-ring (bicyclic) bond motifs is 2. The normalized spacial score (nSPS) is 21.7. The summed E-state index contributed by atoms with van der Waals surface area (Å²) in [6.07, 6.45) is 2.32. The van der Waals surface area contributed by atoms with Crippen LogP contribution in [-0.4, -0.2) is 61.3 Å². The molecule has 5 rings (SSSR count). The molecule has 0 radical (unpaired) electrons. The van der Waals surface area contributed by atoms with Gasteiger partial charge in [-0.15, -0.1) is 11.3 Å². The van der Waals surface area contributed by atoms with E-state index in [1.165, 1.54) is 17.4 Å². The summed E-state index contributed by atoms with van der Waals surface area (Å²) in [4.78, 5) is 25.6. The molecular formula is C26H33FN6O2S. The highest BCUT2D eigenvalue weighted by molar-refractivity contribution is 7.21. The van der Waals surface area contributed by atoms with E-state index in [1.54, 1.807) is 14.0 Å². The van der Waals surface area contributed by atoms with Crippen LogP contribution >= 0.6 is 11.3 Å². The maximum atomic E-state index is 14.0. The van der Waals surface area contributed by atoms with Gasteiger partial charge in [-0.2, -0.15) is 0 Å². The van der Waals surface area contributed by atoms with Crippen LogP contribution in [0.4, 0.5) is 15.9 Å². The number of anilines is 2. The molecule has 3 aromatic rings. The second-order valence-corrected chi connectivity index (χ2v) is 10.7. The van der Waals surface area contributed by atoms with Crippen molar-refractivity contribution in [3.8, 4) is 0 Å². The van der Waals surface area contributed by atoms with E-state index in [2.05, 4.69) is 39.6 Å². The fraction of sp³-hybridized carbons (Fsp3) is 0.500. The van der Waals surface area contributed by atoms with Crippen molar-refractivity contribution in [2.24, 2.45) is 5.92 Å². The van der Waals surface area contributed by atoms with Crippen molar-refractivity contribution in [3.63, 3.8) is 0 Å². The standard InChI is InChI=1S/C26H33FN6O2S/c1-4-29-21-12-33(11-16(21)13-35-3)22-8-5-15-9-17(6-7-20(15)32-22)31-25(34)24-23(28)18-10-19(27)14(2)30-26(18)36-24/h5,8,10,16-17,21,29H,4,6-7,9,11-13,28H2,1-3H3,(H,31,34). The van der Waals surface area contributed by atoms with Crippen molar-refractivity contribution >= 4 is 39.0 Å². The summed E-state index contributed by atoms with van der Waals surface area (Å²) >= 11 is 1.21. The van der Waals surface area contributed by atoms with Crippen LogP contribution in [0, 0.1) is 18.7 Å². The number of nitrogens with zero attached hydrogens (tertiary/aromatic N) is 3. The molecule has 10 heteroatoms. The first-order valence-corrected chi connectivity index (χ1v) is 13.3. The Morgan fingerprint density at radius 3 is 2.94 bits per heavy atom. The van der Waals surface area contributed by atoms with Crippen molar-refractivity contribution in [1.29, 1.82) is 0 Å². The molecule has 0 saturated carbocycles. The molecule has 3 unspecified atom stereocenters. The van der Waals surface area contributed by atoms with Gasteiger partial charge in [-0.1, -0.05) is 13.0 Å². The van der Waals surface area contributed by atoms with Gasteiger partial charge in [0.15, 0.2) is 0 Å². The van der Waals surface area contributed by atoms with Gasteiger partial charge in [-0.3, -0.25) is 4.79 Å². The molecule has 0 bridgehead atoms. The largest absolute Gasteiger partial charge is 0.397 e. The molecule has 1 aliphatic heterocycles. The molecule has 3 atom stereocenters. The van der Waals surface area contributed by atoms with Gasteiger partial charge in [0, 0.05) is 49.3 Å². The molecule has 0 aromatic carbocycles. The quantitative estimate of drug-likeness (QED) is 0.447. The van der Waals surface area contributed by atoms with E-state index < -0.39 is 5.82 Å². The van der Waals surface area contributed by atoms with Crippen molar-refractivity contribution in [2.45, 2.75) is 45.2 Å². The van der Waals surface area contributed by atoms with E-state index in [-0.39, 0.29) is 17.6 Å². The van der Waals surface area contributed by atoms with Crippen LogP contribution in [-0.2, 0) is 17.6 Å². The van der Waals surface area contributed by atoms with Crippen molar-refractivity contribution in [3.05, 3.63) is 45.8 Å². The number of rotatable bonds is 7. The first-order chi connectivity index (χ1) is 17.4. The lowest BCUT2D eigenvalue weighted by molar-refractivity contribution is 0.0938. The van der Waals surface area contributed by atoms with Gasteiger partial charge in [0.25, 0.3) is 5.91 Å². The van der Waals surface area contributed by atoms with E-state index in [0.717, 1.165) is 62.6 Å². The predicted octanol–water partition coefficient (Wildman–Crippen LogP) is 3.07. The van der Waals surface area contributed by atoms with Gasteiger partial charge in [0.2, 0.25) is 0 Å². The summed E-state index contributed by atoms with van der Waals surface area (Å²) < 4.78 is 19.4. The number of hydrogen-bond donors (Lipinski definition) is 3. The summed E-state index contributed by atoms with van der Waals surface area (Å²) in [5.74, 6) is 0.785. The SMILES string of the molecule is CCNC1CN(c2ccc3c(n2)CCC(NC(=O)c2sc4nc(C)c(F)cc4c2N)C3)CC1COC. The van der Waals surface area contributed by atoms with Gasteiger partial charge >= 0.3 is 0 Å². The fourth-order valence-corrected chi connectivity index (χ4v) is 6.38. The number of nitrogens with two attached hydrogens (primary N) is 1. The summed E-state index contributed by atoms with van der Waals surface area (Å²) in [7, 11) is 1.75. The number of nitrogens with one attached hydrogen (secondary N) is 2. The topological polar surface area (TPSA) is 105 Å². The molecule has 4 heterocycles. The van der Waals surface area contributed by atoms with E-state index in [9.17, 15) is 9.18 Å². The summed E-state index contributed by atoms with van der Waals surface area (Å²) in [6.45, 7) is 7.24. The number of amides is 1. The number of likely N-dealkylation sites (N-methyl/N-ethyl adjacent to an activating group) is 1. The third-order valence-corrected chi connectivity index (χ3v) is 8.37. The zero-order valence-electron chi connectivity index (χ0n) is 20.9. The van der Waals surface area contributed by atoms with Gasteiger partial charge in [-0.25, -0.2) is 14.4 Å². The lowest BCUT2D eigenvalue weighted by atomic mass is 9.91. The van der Waals surface area contributed by atoms with Crippen LogP contribution in [0.1, 0.15) is 40.0 Å². The van der Waals surface area contributed by atoms with Crippen LogP contribution in [0.3, 0.4) is 0 Å². The number of ether oxygens (including phenoxy) is 1. The number of thiophene rings is 1. The van der Waals surface area contributed by atoms with Gasteiger partial charge in [-0.05, 0) is 50.4 Å². The number of aromatic nitrogens is 2. The monoisotopic (exact) mass is 512 g/mol. The van der Waals surface area contributed by atoms with Gasteiger partial charge in [0.05, 0.1) is 18.0 Å². The van der Waals surface area contributed by atoms with E-state index in [0.29, 0.717) is 32.7 Å². The molecule has 192 valence electrons. The molecule has 1 aliphatic carbocycles. The van der Waals surface area contributed by atoms with Crippen molar-refractivity contribution < 1.29 is 13.9 Å². The number of methoxy groups -OCH3 is 1. The highest BCUT2D eigenvalue weighted by Crippen LogP contribution is 2.34. The Morgan fingerprint density at radius 2 is 2.17 bits per heavy atom. The Balaban J connectivity index is 1.26. The highest BCUT2D eigenvalue weighted by atomic mass is 32.1. The number of hydrogen-bond acceptors (Lipinski definition) is 8. The number of halogens is 1. The maximum Gasteiger partial charge on any atom is 0.263 e. The first-order valence-electron chi connectivity index (χ1n) is 12.5. The highest BCUT2D eigenvalue weighted by Gasteiger charge is 2.33. The molecule has 4 N–H and O–H groups in total. The van der Waals surface area contributed by atoms with Crippen molar-refractivity contribution in [2.75, 3.05) is 44.0 Å². The first kappa shape index (κ1) is 24.9. The molecular weight excluding hydrogens is 479 g/mol. The van der Waals surface area contributed by atoms with E-state index >= 15 is 0 Å². The van der Waals surface area contributed by atoms with Crippen LogP contribution in [0.15, 0.2) is 18.2 Å². The Labute approximate surface area is 214 Å². The number of aryl methyl sites for hydroxylation is 2. The van der Waals surface area contributed by atoms with E-state index in [4.69, 9.17) is 15.5 Å². The second kappa shape index (κ2) is 10.3. The molecule has 1 saturated heterocycles. The second-order valence-electron chi connectivity index (χ2n) is 9.73. The predicted molar refractivity (Wildman–Crippen MR) is 141 cm³/mol. The lowest BCUT2D eigenvalue weighted by Crippen LogP contribution is -2.39. The fourth-order valence-electron chi connectivity index (χ4n) is 5.36.